The van der Waals surface area contributed by atoms with Gasteiger partial charge in [0.2, 0.25) is 5.88 Å². The molecular formula is C22H24N4O3. The normalized spacial score (nSPS) is 10.3. The quantitative estimate of drug-likeness (QED) is 0.584. The summed E-state index contributed by atoms with van der Waals surface area (Å²) in [6.45, 7) is 6.77. The minimum atomic E-state index is -0.179. The van der Waals surface area contributed by atoms with Crippen LogP contribution in [0.25, 0.3) is 0 Å². The van der Waals surface area contributed by atoms with Gasteiger partial charge in [0.25, 0.3) is 5.91 Å². The molecule has 3 rings (SSSR count). The van der Waals surface area contributed by atoms with Crippen molar-refractivity contribution in [2.45, 2.75) is 20.8 Å². The van der Waals surface area contributed by atoms with Crippen LogP contribution in [0.5, 0.6) is 11.6 Å². The van der Waals surface area contributed by atoms with Gasteiger partial charge in [0.05, 0.1) is 13.2 Å². The van der Waals surface area contributed by atoms with Crippen molar-refractivity contribution in [3.05, 3.63) is 66.0 Å². The first-order chi connectivity index (χ1) is 14.1. The van der Waals surface area contributed by atoms with E-state index in [-0.39, 0.29) is 5.91 Å². The molecule has 1 aromatic heterocycles. The molecule has 0 radical (unpaired) electrons. The lowest BCUT2D eigenvalue weighted by molar-refractivity contribution is 0.102. The van der Waals surface area contributed by atoms with Gasteiger partial charge >= 0.3 is 0 Å². The number of hydrogen-bond acceptors (Lipinski definition) is 6. The maximum atomic E-state index is 12.4. The molecule has 0 aliphatic heterocycles. The minimum Gasteiger partial charge on any atom is -0.494 e. The van der Waals surface area contributed by atoms with Crippen LogP contribution in [0.1, 0.15) is 30.0 Å². The molecule has 1 heterocycles. The molecule has 29 heavy (non-hydrogen) atoms. The van der Waals surface area contributed by atoms with Gasteiger partial charge in [-0.25, -0.2) is 4.98 Å². The predicted molar refractivity (Wildman–Crippen MR) is 113 cm³/mol. The average molecular weight is 392 g/mol. The summed E-state index contributed by atoms with van der Waals surface area (Å²) in [6, 6.07) is 16.2. The van der Waals surface area contributed by atoms with Crippen LogP contribution in [0, 0.1) is 6.92 Å². The van der Waals surface area contributed by atoms with Gasteiger partial charge in [0, 0.05) is 23.0 Å². The lowest BCUT2D eigenvalue weighted by Crippen LogP contribution is -2.11. The summed E-state index contributed by atoms with van der Waals surface area (Å²) in [5.74, 6) is 2.36. The standard InChI is InChI=1S/C22H24N4O3/c1-4-28-19-12-6-16(7-13-19)22(27)26-18-10-8-17(9-11-18)25-20-14-21(29-5-2)24-15(3)23-20/h6-14H,4-5H2,1-3H3,(H,26,27)(H,23,24,25). The van der Waals surface area contributed by atoms with Crippen LogP contribution in [0.15, 0.2) is 54.6 Å². The van der Waals surface area contributed by atoms with Gasteiger partial charge in [0.1, 0.15) is 17.4 Å². The molecule has 0 fully saturated rings. The monoisotopic (exact) mass is 392 g/mol. The van der Waals surface area contributed by atoms with E-state index in [0.29, 0.717) is 42.0 Å². The van der Waals surface area contributed by atoms with Gasteiger partial charge in [0.15, 0.2) is 0 Å². The van der Waals surface area contributed by atoms with Crippen molar-refractivity contribution in [1.29, 1.82) is 0 Å². The van der Waals surface area contributed by atoms with E-state index in [1.54, 1.807) is 30.3 Å². The lowest BCUT2D eigenvalue weighted by Gasteiger charge is -2.10. The highest BCUT2D eigenvalue weighted by molar-refractivity contribution is 6.04. The topological polar surface area (TPSA) is 85.4 Å². The number of amides is 1. The summed E-state index contributed by atoms with van der Waals surface area (Å²) in [5, 5.41) is 6.10. The number of nitrogens with zero attached hydrogens (tertiary/aromatic N) is 2. The van der Waals surface area contributed by atoms with Crippen LogP contribution in [0.2, 0.25) is 0 Å². The van der Waals surface area contributed by atoms with Crippen LogP contribution >= 0.6 is 0 Å². The number of benzene rings is 2. The van der Waals surface area contributed by atoms with Crippen molar-refractivity contribution < 1.29 is 14.3 Å². The number of anilines is 3. The number of aromatic nitrogens is 2. The maximum absolute atomic E-state index is 12.4. The van der Waals surface area contributed by atoms with Crippen molar-refractivity contribution in [2.75, 3.05) is 23.8 Å². The molecule has 0 saturated carbocycles. The zero-order valence-corrected chi connectivity index (χ0v) is 16.7. The molecule has 2 N–H and O–H groups in total. The largest absolute Gasteiger partial charge is 0.494 e. The summed E-state index contributed by atoms with van der Waals surface area (Å²) in [5.41, 5.74) is 2.10. The molecule has 0 atom stereocenters. The average Bonchev–Trinajstić information content (AvgIpc) is 2.70. The Labute approximate surface area is 170 Å². The molecule has 0 aliphatic rings. The fraction of sp³-hybridized carbons (Fsp3) is 0.227. The molecule has 3 aromatic rings. The number of aryl methyl sites for hydroxylation is 1. The molecule has 0 aliphatic carbocycles. The Morgan fingerprint density at radius 3 is 2.21 bits per heavy atom. The number of carbonyl (C=O) groups is 1. The second-order valence-electron chi connectivity index (χ2n) is 6.19. The molecule has 1 amide bonds. The first-order valence-electron chi connectivity index (χ1n) is 9.47. The smallest absolute Gasteiger partial charge is 0.255 e. The van der Waals surface area contributed by atoms with E-state index < -0.39 is 0 Å². The summed E-state index contributed by atoms with van der Waals surface area (Å²) in [6.07, 6.45) is 0. The summed E-state index contributed by atoms with van der Waals surface area (Å²) < 4.78 is 10.8. The minimum absolute atomic E-state index is 0.179. The highest BCUT2D eigenvalue weighted by Gasteiger charge is 2.07. The first kappa shape index (κ1) is 20.1. The Bertz CT molecular complexity index is 957. The van der Waals surface area contributed by atoms with E-state index in [0.717, 1.165) is 11.4 Å². The number of ether oxygens (including phenoxy) is 2. The summed E-state index contributed by atoms with van der Waals surface area (Å²) >= 11 is 0. The zero-order chi connectivity index (χ0) is 20.6. The van der Waals surface area contributed by atoms with Gasteiger partial charge < -0.3 is 20.1 Å². The van der Waals surface area contributed by atoms with E-state index in [1.807, 2.05) is 45.0 Å². The molecule has 150 valence electrons. The van der Waals surface area contributed by atoms with Crippen molar-refractivity contribution in [1.82, 2.24) is 9.97 Å². The first-order valence-corrected chi connectivity index (χ1v) is 9.47. The third kappa shape index (κ3) is 5.68. The lowest BCUT2D eigenvalue weighted by atomic mass is 10.2. The van der Waals surface area contributed by atoms with E-state index in [4.69, 9.17) is 9.47 Å². The summed E-state index contributed by atoms with van der Waals surface area (Å²) in [4.78, 5) is 21.0. The van der Waals surface area contributed by atoms with Crippen LogP contribution in [-0.4, -0.2) is 29.1 Å². The van der Waals surface area contributed by atoms with Crippen molar-refractivity contribution in [3.8, 4) is 11.6 Å². The highest BCUT2D eigenvalue weighted by atomic mass is 16.5. The number of carbonyl (C=O) groups excluding carboxylic acids is 1. The fourth-order valence-corrected chi connectivity index (χ4v) is 2.68. The molecule has 0 unspecified atom stereocenters. The van der Waals surface area contributed by atoms with Crippen molar-refractivity contribution >= 4 is 23.1 Å². The van der Waals surface area contributed by atoms with Gasteiger partial charge in [-0.2, -0.15) is 4.98 Å². The van der Waals surface area contributed by atoms with Gasteiger partial charge in [-0.3, -0.25) is 4.79 Å². The Kier molecular flexibility index (Phi) is 6.63. The molecule has 2 aromatic carbocycles. The van der Waals surface area contributed by atoms with Gasteiger partial charge in [-0.05, 0) is 69.3 Å². The van der Waals surface area contributed by atoms with Gasteiger partial charge in [-0.15, -0.1) is 0 Å². The number of rotatable bonds is 8. The van der Waals surface area contributed by atoms with Crippen LogP contribution in [-0.2, 0) is 0 Å². The van der Waals surface area contributed by atoms with Crippen LogP contribution in [0.3, 0.4) is 0 Å². The Morgan fingerprint density at radius 1 is 0.897 bits per heavy atom. The van der Waals surface area contributed by atoms with Crippen molar-refractivity contribution in [3.63, 3.8) is 0 Å². The molecular weight excluding hydrogens is 368 g/mol. The third-order valence-electron chi connectivity index (χ3n) is 3.95. The predicted octanol–water partition coefficient (Wildman–Crippen LogP) is 4.58. The third-order valence-corrected chi connectivity index (χ3v) is 3.95. The van der Waals surface area contributed by atoms with E-state index in [2.05, 4.69) is 20.6 Å². The fourth-order valence-electron chi connectivity index (χ4n) is 2.68. The molecule has 7 heteroatoms. The second-order valence-corrected chi connectivity index (χ2v) is 6.19. The van der Waals surface area contributed by atoms with E-state index in [1.165, 1.54) is 0 Å². The Balaban J connectivity index is 1.63. The zero-order valence-electron chi connectivity index (χ0n) is 16.7. The number of hydrogen-bond donors (Lipinski definition) is 2. The second kappa shape index (κ2) is 9.54. The van der Waals surface area contributed by atoms with Crippen LogP contribution in [0.4, 0.5) is 17.2 Å². The Morgan fingerprint density at radius 2 is 1.55 bits per heavy atom. The van der Waals surface area contributed by atoms with Gasteiger partial charge in [-0.1, -0.05) is 0 Å². The van der Waals surface area contributed by atoms with Crippen molar-refractivity contribution in [2.24, 2.45) is 0 Å². The molecule has 0 spiro atoms. The summed E-state index contributed by atoms with van der Waals surface area (Å²) in [7, 11) is 0. The SMILES string of the molecule is CCOc1ccc(C(=O)Nc2ccc(Nc3cc(OCC)nc(C)n3)cc2)cc1. The highest BCUT2D eigenvalue weighted by Crippen LogP contribution is 2.21. The molecule has 7 nitrogen and oxygen atoms in total. The maximum Gasteiger partial charge on any atom is 0.255 e. The molecule has 0 saturated heterocycles. The van der Waals surface area contributed by atoms with Crippen LogP contribution < -0.4 is 20.1 Å². The molecule has 0 bridgehead atoms. The number of nitrogens with one attached hydrogen (secondary N) is 2. The van der Waals surface area contributed by atoms with E-state index >= 15 is 0 Å². The Hall–Kier alpha value is -3.61. The van der Waals surface area contributed by atoms with E-state index in [9.17, 15) is 4.79 Å².